The van der Waals surface area contributed by atoms with Gasteiger partial charge in [0.1, 0.15) is 0 Å². The Morgan fingerprint density at radius 3 is 3.00 bits per heavy atom. The second kappa shape index (κ2) is 4.23. The van der Waals surface area contributed by atoms with E-state index in [1.165, 1.54) is 0 Å². The highest BCUT2D eigenvalue weighted by Gasteiger charge is 2.09. The summed E-state index contributed by atoms with van der Waals surface area (Å²) in [7, 11) is 3.43. The van der Waals surface area contributed by atoms with Gasteiger partial charge in [-0.3, -0.25) is 4.68 Å². The number of hydrogen-bond donors (Lipinski definition) is 1. The van der Waals surface area contributed by atoms with Crippen LogP contribution in [0.15, 0.2) is 12.3 Å². The molecule has 0 fully saturated rings. The Balaban J connectivity index is 2.52. The Morgan fingerprint density at radius 1 is 1.75 bits per heavy atom. The minimum atomic E-state index is -0.475. The van der Waals surface area contributed by atoms with Crippen LogP contribution in [-0.2, 0) is 11.8 Å². The van der Waals surface area contributed by atoms with E-state index in [4.69, 9.17) is 4.74 Å². The van der Waals surface area contributed by atoms with Gasteiger partial charge in [0.25, 0.3) is 0 Å². The molecule has 1 aromatic rings. The Morgan fingerprint density at radius 2 is 2.50 bits per heavy atom. The lowest BCUT2D eigenvalue weighted by molar-refractivity contribution is 0.105. The van der Waals surface area contributed by atoms with Gasteiger partial charge < -0.3 is 9.84 Å². The standard InChI is InChI=1S/C8H14N2O2/c1-10-7(3-5-9-10)8(11)4-6-12-2/h3,5,8,11H,4,6H2,1-2H3. The highest BCUT2D eigenvalue weighted by atomic mass is 16.5. The number of aliphatic hydroxyl groups excluding tert-OH is 1. The lowest BCUT2D eigenvalue weighted by atomic mass is 10.2. The average molecular weight is 170 g/mol. The van der Waals surface area contributed by atoms with Crippen LogP contribution >= 0.6 is 0 Å². The third-order valence-electron chi connectivity index (χ3n) is 1.80. The zero-order chi connectivity index (χ0) is 8.97. The SMILES string of the molecule is COCCC(O)c1ccnn1C. The fourth-order valence-corrected chi connectivity index (χ4v) is 1.09. The quantitative estimate of drug-likeness (QED) is 0.715. The number of ether oxygens (including phenoxy) is 1. The Kier molecular flexibility index (Phi) is 3.25. The minimum absolute atomic E-state index is 0.475. The van der Waals surface area contributed by atoms with Crippen LogP contribution in [0.2, 0.25) is 0 Å². The number of methoxy groups -OCH3 is 1. The molecule has 0 radical (unpaired) electrons. The molecule has 4 heteroatoms. The maximum atomic E-state index is 9.58. The number of aliphatic hydroxyl groups is 1. The van der Waals surface area contributed by atoms with E-state index < -0.39 is 6.10 Å². The van der Waals surface area contributed by atoms with Gasteiger partial charge in [0.05, 0.1) is 11.8 Å². The molecule has 0 saturated carbocycles. The first-order chi connectivity index (χ1) is 5.75. The van der Waals surface area contributed by atoms with Gasteiger partial charge in [-0.05, 0) is 6.07 Å². The zero-order valence-corrected chi connectivity index (χ0v) is 7.40. The molecule has 0 aliphatic rings. The molecule has 0 amide bonds. The van der Waals surface area contributed by atoms with Gasteiger partial charge in [-0.25, -0.2) is 0 Å². The molecule has 1 aromatic heterocycles. The fourth-order valence-electron chi connectivity index (χ4n) is 1.09. The van der Waals surface area contributed by atoms with Crippen molar-refractivity contribution in [3.63, 3.8) is 0 Å². The van der Waals surface area contributed by atoms with Crippen molar-refractivity contribution in [2.24, 2.45) is 7.05 Å². The van der Waals surface area contributed by atoms with Gasteiger partial charge in [0.15, 0.2) is 0 Å². The van der Waals surface area contributed by atoms with Crippen molar-refractivity contribution in [2.45, 2.75) is 12.5 Å². The van der Waals surface area contributed by atoms with E-state index in [1.54, 1.807) is 24.1 Å². The molecule has 0 spiro atoms. The third-order valence-corrected chi connectivity index (χ3v) is 1.80. The summed E-state index contributed by atoms with van der Waals surface area (Å²) in [6.45, 7) is 0.562. The maximum Gasteiger partial charge on any atom is 0.0978 e. The van der Waals surface area contributed by atoms with Crippen LogP contribution < -0.4 is 0 Å². The van der Waals surface area contributed by atoms with Crippen LogP contribution in [0.3, 0.4) is 0 Å². The summed E-state index contributed by atoms with van der Waals surface area (Å²) in [5, 5.41) is 13.5. The van der Waals surface area contributed by atoms with Crippen molar-refractivity contribution < 1.29 is 9.84 Å². The third kappa shape index (κ3) is 2.06. The van der Waals surface area contributed by atoms with Gasteiger partial charge in [-0.1, -0.05) is 0 Å². The predicted molar refractivity (Wildman–Crippen MR) is 44.7 cm³/mol. The van der Waals surface area contributed by atoms with Crippen LogP contribution in [-0.4, -0.2) is 28.6 Å². The van der Waals surface area contributed by atoms with Crippen LogP contribution in [0, 0.1) is 0 Å². The molecule has 1 heterocycles. The largest absolute Gasteiger partial charge is 0.387 e. The van der Waals surface area contributed by atoms with Gasteiger partial charge in [-0.15, -0.1) is 0 Å². The van der Waals surface area contributed by atoms with E-state index in [0.717, 1.165) is 5.69 Å². The summed E-state index contributed by atoms with van der Waals surface area (Å²) >= 11 is 0. The van der Waals surface area contributed by atoms with Crippen molar-refractivity contribution >= 4 is 0 Å². The molecule has 1 atom stereocenters. The number of rotatable bonds is 4. The number of hydrogen-bond acceptors (Lipinski definition) is 3. The van der Waals surface area contributed by atoms with Crippen LogP contribution in [0.1, 0.15) is 18.2 Å². The molecule has 1 N–H and O–H groups in total. The molecule has 12 heavy (non-hydrogen) atoms. The first-order valence-corrected chi connectivity index (χ1v) is 3.90. The van der Waals surface area contributed by atoms with Crippen molar-refractivity contribution in [1.29, 1.82) is 0 Å². The van der Waals surface area contributed by atoms with E-state index in [-0.39, 0.29) is 0 Å². The summed E-state index contributed by atoms with van der Waals surface area (Å²) in [4.78, 5) is 0. The van der Waals surface area contributed by atoms with E-state index in [9.17, 15) is 5.11 Å². The van der Waals surface area contributed by atoms with Crippen molar-refractivity contribution in [3.05, 3.63) is 18.0 Å². The zero-order valence-electron chi connectivity index (χ0n) is 7.40. The lowest BCUT2D eigenvalue weighted by Crippen LogP contribution is -2.07. The van der Waals surface area contributed by atoms with Crippen LogP contribution in [0.5, 0.6) is 0 Å². The Hall–Kier alpha value is -0.870. The molecular formula is C8H14N2O2. The van der Waals surface area contributed by atoms with Crippen molar-refractivity contribution in [1.82, 2.24) is 9.78 Å². The molecule has 0 bridgehead atoms. The summed E-state index contributed by atoms with van der Waals surface area (Å²) in [5.74, 6) is 0. The molecule has 1 rings (SSSR count). The first-order valence-electron chi connectivity index (χ1n) is 3.90. The highest BCUT2D eigenvalue weighted by molar-refractivity contribution is 5.03. The Bertz CT molecular complexity index is 235. The Labute approximate surface area is 71.8 Å². The normalized spacial score (nSPS) is 13.2. The molecule has 0 aliphatic heterocycles. The second-order valence-corrected chi connectivity index (χ2v) is 2.68. The average Bonchev–Trinajstić information content (AvgIpc) is 2.47. The molecule has 0 aromatic carbocycles. The van der Waals surface area contributed by atoms with Crippen molar-refractivity contribution in [3.8, 4) is 0 Å². The molecular weight excluding hydrogens is 156 g/mol. The summed E-state index contributed by atoms with van der Waals surface area (Å²) in [6, 6.07) is 1.81. The summed E-state index contributed by atoms with van der Waals surface area (Å²) in [5.41, 5.74) is 0.826. The summed E-state index contributed by atoms with van der Waals surface area (Å²) in [6.07, 6.45) is 1.80. The van der Waals surface area contributed by atoms with E-state index in [1.807, 2.05) is 7.05 Å². The smallest absolute Gasteiger partial charge is 0.0978 e. The monoisotopic (exact) mass is 170 g/mol. The van der Waals surface area contributed by atoms with Gasteiger partial charge >= 0.3 is 0 Å². The molecule has 0 aliphatic carbocycles. The first kappa shape index (κ1) is 9.22. The molecule has 1 unspecified atom stereocenters. The maximum absolute atomic E-state index is 9.58. The van der Waals surface area contributed by atoms with E-state index >= 15 is 0 Å². The van der Waals surface area contributed by atoms with Gasteiger partial charge in [-0.2, -0.15) is 5.10 Å². The summed E-state index contributed by atoms with van der Waals surface area (Å²) < 4.78 is 6.53. The van der Waals surface area contributed by atoms with Gasteiger partial charge in [0, 0.05) is 33.4 Å². The fraction of sp³-hybridized carbons (Fsp3) is 0.625. The van der Waals surface area contributed by atoms with Crippen LogP contribution in [0.4, 0.5) is 0 Å². The van der Waals surface area contributed by atoms with Crippen molar-refractivity contribution in [2.75, 3.05) is 13.7 Å². The van der Waals surface area contributed by atoms with E-state index in [2.05, 4.69) is 5.10 Å². The number of aryl methyl sites for hydroxylation is 1. The van der Waals surface area contributed by atoms with Crippen LogP contribution in [0.25, 0.3) is 0 Å². The second-order valence-electron chi connectivity index (χ2n) is 2.68. The topological polar surface area (TPSA) is 47.3 Å². The predicted octanol–water partition coefficient (Wildman–Crippen LogP) is 0.490. The highest BCUT2D eigenvalue weighted by Crippen LogP contribution is 2.14. The lowest BCUT2D eigenvalue weighted by Gasteiger charge is -2.09. The number of nitrogens with zero attached hydrogens (tertiary/aromatic N) is 2. The van der Waals surface area contributed by atoms with E-state index in [0.29, 0.717) is 13.0 Å². The molecule has 0 saturated heterocycles. The number of aromatic nitrogens is 2. The minimum Gasteiger partial charge on any atom is -0.387 e. The van der Waals surface area contributed by atoms with Gasteiger partial charge in [0.2, 0.25) is 0 Å². The molecule has 68 valence electrons. The molecule has 4 nitrogen and oxygen atoms in total.